The number of rotatable bonds is 6. The summed E-state index contributed by atoms with van der Waals surface area (Å²) in [7, 11) is 0. The summed E-state index contributed by atoms with van der Waals surface area (Å²) in [6, 6.07) is 6.73. The predicted octanol–water partition coefficient (Wildman–Crippen LogP) is 3.84. The molecule has 1 aliphatic rings. The highest BCUT2D eigenvalue weighted by atomic mass is 35.5. The lowest BCUT2D eigenvalue weighted by Crippen LogP contribution is -2.42. The molecule has 0 bridgehead atoms. The van der Waals surface area contributed by atoms with Crippen molar-refractivity contribution in [1.29, 1.82) is 0 Å². The number of benzene rings is 1. The summed E-state index contributed by atoms with van der Waals surface area (Å²) in [6.07, 6.45) is 6.18. The summed E-state index contributed by atoms with van der Waals surface area (Å²) in [5.41, 5.74) is 6.98. The van der Waals surface area contributed by atoms with E-state index in [4.69, 9.17) is 5.73 Å². The van der Waals surface area contributed by atoms with Crippen LogP contribution in [0.2, 0.25) is 0 Å². The molecular formula is C19H25ClFN3OS. The monoisotopic (exact) mass is 397 g/mol. The highest BCUT2D eigenvalue weighted by Crippen LogP contribution is 2.39. The third-order valence-electron chi connectivity index (χ3n) is 5.00. The van der Waals surface area contributed by atoms with E-state index in [1.54, 1.807) is 5.38 Å². The van der Waals surface area contributed by atoms with Gasteiger partial charge in [0, 0.05) is 23.8 Å². The van der Waals surface area contributed by atoms with Crippen LogP contribution in [0, 0.1) is 5.82 Å². The van der Waals surface area contributed by atoms with E-state index in [1.807, 2.05) is 12.1 Å². The van der Waals surface area contributed by atoms with E-state index in [-0.39, 0.29) is 29.5 Å². The largest absolute Gasteiger partial charge is 0.350 e. The summed E-state index contributed by atoms with van der Waals surface area (Å²) >= 11 is 1.47. The van der Waals surface area contributed by atoms with E-state index in [1.165, 1.54) is 29.9 Å². The van der Waals surface area contributed by atoms with Crippen LogP contribution in [-0.2, 0) is 11.8 Å². The summed E-state index contributed by atoms with van der Waals surface area (Å²) in [4.78, 5) is 16.8. The summed E-state index contributed by atoms with van der Waals surface area (Å²) in [5.74, 6) is -0.375. The molecule has 1 saturated carbocycles. The molecule has 1 aromatic heterocycles. The Morgan fingerprint density at radius 1 is 1.23 bits per heavy atom. The number of nitrogens with zero attached hydrogens (tertiary/aromatic N) is 1. The number of carbonyl (C=O) groups excluding carboxylic acids is 1. The molecule has 1 aliphatic carbocycles. The number of amides is 1. The molecule has 3 N–H and O–H groups in total. The van der Waals surface area contributed by atoms with Gasteiger partial charge in [-0.1, -0.05) is 31.4 Å². The van der Waals surface area contributed by atoms with Crippen LogP contribution in [0.5, 0.6) is 0 Å². The summed E-state index contributed by atoms with van der Waals surface area (Å²) < 4.78 is 13.3. The molecule has 2 aromatic rings. The normalized spacial score (nSPS) is 15.9. The highest BCUT2D eigenvalue weighted by molar-refractivity contribution is 7.09. The van der Waals surface area contributed by atoms with Gasteiger partial charge in [-0.2, -0.15) is 0 Å². The number of carbonyl (C=O) groups is 1. The average molecular weight is 398 g/mol. The molecule has 3 rings (SSSR count). The quantitative estimate of drug-likeness (QED) is 0.778. The number of nitrogens with two attached hydrogens (primary N) is 1. The van der Waals surface area contributed by atoms with Crippen molar-refractivity contribution >= 4 is 29.7 Å². The maximum atomic E-state index is 13.3. The van der Waals surface area contributed by atoms with Crippen molar-refractivity contribution in [3.63, 3.8) is 0 Å². The molecule has 1 heterocycles. The Labute approximate surface area is 163 Å². The van der Waals surface area contributed by atoms with Gasteiger partial charge < -0.3 is 11.1 Å². The van der Waals surface area contributed by atoms with Gasteiger partial charge in [0.15, 0.2) is 0 Å². The lowest BCUT2D eigenvalue weighted by atomic mass is 9.69. The lowest BCUT2D eigenvalue weighted by Gasteiger charge is -2.38. The van der Waals surface area contributed by atoms with Gasteiger partial charge in [0.2, 0.25) is 0 Å². The van der Waals surface area contributed by atoms with Gasteiger partial charge >= 0.3 is 0 Å². The van der Waals surface area contributed by atoms with Crippen molar-refractivity contribution in [2.24, 2.45) is 5.73 Å². The number of halogens is 2. The van der Waals surface area contributed by atoms with E-state index in [2.05, 4.69) is 10.3 Å². The Kier molecular flexibility index (Phi) is 7.55. The first-order chi connectivity index (χ1) is 12.1. The van der Waals surface area contributed by atoms with Gasteiger partial charge in [-0.25, -0.2) is 9.37 Å². The zero-order valence-corrected chi connectivity index (χ0v) is 16.3. The van der Waals surface area contributed by atoms with Crippen molar-refractivity contribution in [3.8, 4) is 0 Å². The standard InChI is InChI=1S/C19H24FN3OS.ClH/c20-15-6-4-14(5-7-15)19(9-2-1-3-10-19)13-22-18(24)16-12-25-17(23-16)8-11-21;/h4-7,12H,1-3,8-11,13,21H2,(H,22,24);1H. The lowest BCUT2D eigenvalue weighted by molar-refractivity contribution is 0.0932. The predicted molar refractivity (Wildman–Crippen MR) is 106 cm³/mol. The Balaban J connectivity index is 0.00000243. The van der Waals surface area contributed by atoms with Crippen LogP contribution in [-0.4, -0.2) is 24.0 Å². The van der Waals surface area contributed by atoms with E-state index in [9.17, 15) is 9.18 Å². The second-order valence-corrected chi connectivity index (χ2v) is 7.64. The van der Waals surface area contributed by atoms with Crippen LogP contribution < -0.4 is 11.1 Å². The van der Waals surface area contributed by atoms with Gasteiger partial charge in [-0.05, 0) is 37.1 Å². The fraction of sp³-hybridized carbons (Fsp3) is 0.474. The molecule has 0 unspecified atom stereocenters. The molecule has 0 saturated heterocycles. The van der Waals surface area contributed by atoms with Gasteiger partial charge in [0.25, 0.3) is 5.91 Å². The van der Waals surface area contributed by atoms with Crippen molar-refractivity contribution in [2.75, 3.05) is 13.1 Å². The Hall–Kier alpha value is -1.50. The second-order valence-electron chi connectivity index (χ2n) is 6.70. The molecule has 1 amide bonds. The third-order valence-corrected chi connectivity index (χ3v) is 5.91. The fourth-order valence-electron chi connectivity index (χ4n) is 3.59. The second kappa shape index (κ2) is 9.44. The molecule has 7 heteroatoms. The van der Waals surface area contributed by atoms with E-state index in [0.717, 1.165) is 36.3 Å². The molecule has 0 spiro atoms. The topological polar surface area (TPSA) is 68.0 Å². The Bertz CT molecular complexity index is 714. The van der Waals surface area contributed by atoms with Crippen LogP contribution in [0.25, 0.3) is 0 Å². The fourth-order valence-corrected chi connectivity index (χ4v) is 4.39. The number of hydrogen-bond donors (Lipinski definition) is 2. The Morgan fingerprint density at radius 2 is 1.92 bits per heavy atom. The summed E-state index contributed by atoms with van der Waals surface area (Å²) in [6.45, 7) is 1.09. The molecule has 0 atom stereocenters. The first-order valence-corrected chi connectivity index (χ1v) is 9.70. The average Bonchev–Trinajstić information content (AvgIpc) is 3.10. The minimum Gasteiger partial charge on any atom is -0.350 e. The van der Waals surface area contributed by atoms with Crippen LogP contribution in [0.15, 0.2) is 29.6 Å². The molecule has 4 nitrogen and oxygen atoms in total. The van der Waals surface area contributed by atoms with Crippen LogP contribution in [0.3, 0.4) is 0 Å². The van der Waals surface area contributed by atoms with Crippen molar-refractivity contribution < 1.29 is 9.18 Å². The maximum absolute atomic E-state index is 13.3. The summed E-state index contributed by atoms with van der Waals surface area (Å²) in [5, 5.41) is 5.73. The Morgan fingerprint density at radius 3 is 2.58 bits per heavy atom. The third kappa shape index (κ3) is 4.81. The number of thiazole rings is 1. The first-order valence-electron chi connectivity index (χ1n) is 8.82. The van der Waals surface area contributed by atoms with Gasteiger partial charge in [0.05, 0.1) is 5.01 Å². The number of nitrogens with one attached hydrogen (secondary N) is 1. The van der Waals surface area contributed by atoms with Crippen LogP contribution in [0.4, 0.5) is 4.39 Å². The van der Waals surface area contributed by atoms with Crippen LogP contribution >= 0.6 is 23.7 Å². The van der Waals surface area contributed by atoms with Crippen molar-refractivity contribution in [2.45, 2.75) is 43.9 Å². The zero-order valence-electron chi connectivity index (χ0n) is 14.7. The van der Waals surface area contributed by atoms with E-state index < -0.39 is 0 Å². The zero-order chi connectivity index (χ0) is 17.7. The highest BCUT2D eigenvalue weighted by Gasteiger charge is 2.34. The van der Waals surface area contributed by atoms with Gasteiger partial charge in [0.1, 0.15) is 11.5 Å². The molecule has 1 aromatic carbocycles. The maximum Gasteiger partial charge on any atom is 0.270 e. The van der Waals surface area contributed by atoms with E-state index >= 15 is 0 Å². The minimum atomic E-state index is -0.228. The molecule has 0 aliphatic heterocycles. The van der Waals surface area contributed by atoms with E-state index in [0.29, 0.717) is 25.2 Å². The molecule has 0 radical (unpaired) electrons. The van der Waals surface area contributed by atoms with Crippen molar-refractivity contribution in [1.82, 2.24) is 10.3 Å². The molecule has 142 valence electrons. The van der Waals surface area contributed by atoms with Gasteiger partial charge in [-0.15, -0.1) is 23.7 Å². The smallest absolute Gasteiger partial charge is 0.270 e. The van der Waals surface area contributed by atoms with Crippen LogP contribution in [0.1, 0.15) is 53.2 Å². The van der Waals surface area contributed by atoms with Gasteiger partial charge in [-0.3, -0.25) is 4.79 Å². The first kappa shape index (κ1) is 20.8. The molecule has 1 fully saturated rings. The van der Waals surface area contributed by atoms with Crippen molar-refractivity contribution in [3.05, 3.63) is 51.7 Å². The number of aromatic nitrogens is 1. The molecular weight excluding hydrogens is 373 g/mol. The minimum absolute atomic E-state index is 0. The molecule has 26 heavy (non-hydrogen) atoms. The number of hydrogen-bond acceptors (Lipinski definition) is 4. The SMILES string of the molecule is Cl.NCCc1nc(C(=O)NCC2(c3ccc(F)cc3)CCCCC2)cs1.